The smallest absolute Gasteiger partial charge is 0.253 e. The van der Waals surface area contributed by atoms with E-state index in [9.17, 15) is 4.79 Å². The first kappa shape index (κ1) is 13.9. The zero-order valence-electron chi connectivity index (χ0n) is 10.8. The highest BCUT2D eigenvalue weighted by atomic mass is 35.5. The molecule has 0 radical (unpaired) electrons. The Morgan fingerprint density at radius 2 is 2.00 bits per heavy atom. The monoisotopic (exact) mass is 294 g/mol. The lowest BCUT2D eigenvalue weighted by Crippen LogP contribution is -2.21. The van der Waals surface area contributed by atoms with Crippen molar-refractivity contribution in [2.45, 2.75) is 6.54 Å². The highest BCUT2D eigenvalue weighted by molar-refractivity contribution is 7.10. The highest BCUT2D eigenvalue weighted by Gasteiger charge is 2.07. The molecule has 0 fully saturated rings. The summed E-state index contributed by atoms with van der Waals surface area (Å²) >= 11 is 7.49. The number of nitrogens with zero attached hydrogens (tertiary/aromatic N) is 1. The number of benzene rings is 1. The summed E-state index contributed by atoms with van der Waals surface area (Å²) in [5.74, 6) is 0.0107. The maximum atomic E-state index is 11.7. The molecule has 0 saturated heterocycles. The predicted octanol–water partition coefficient (Wildman–Crippen LogP) is 3.72. The second-order valence-corrected chi connectivity index (χ2v) is 5.79. The summed E-state index contributed by atoms with van der Waals surface area (Å²) in [7, 11) is 3.49. The van der Waals surface area contributed by atoms with E-state index in [0.29, 0.717) is 5.56 Å². The molecule has 1 N–H and O–H groups in total. The first-order valence-electron chi connectivity index (χ1n) is 5.85. The van der Waals surface area contributed by atoms with Gasteiger partial charge in [0.25, 0.3) is 5.91 Å². The summed E-state index contributed by atoms with van der Waals surface area (Å²) in [5.41, 5.74) is 1.68. The molecule has 5 heteroatoms. The minimum absolute atomic E-state index is 0.0107. The van der Waals surface area contributed by atoms with E-state index >= 15 is 0 Å². The normalized spacial score (nSPS) is 10.3. The van der Waals surface area contributed by atoms with Gasteiger partial charge in [-0.2, -0.15) is 0 Å². The summed E-state index contributed by atoms with van der Waals surface area (Å²) in [6, 6.07) is 9.42. The van der Waals surface area contributed by atoms with Crippen molar-refractivity contribution in [2.75, 3.05) is 19.4 Å². The molecule has 3 nitrogen and oxygen atoms in total. The van der Waals surface area contributed by atoms with Crippen molar-refractivity contribution < 1.29 is 4.79 Å². The van der Waals surface area contributed by atoms with Crippen LogP contribution in [-0.4, -0.2) is 24.9 Å². The SMILES string of the molecule is CN(C)C(=O)c1ccc(NCc2cc(Cl)cs2)cc1. The number of hydrogen-bond acceptors (Lipinski definition) is 3. The quantitative estimate of drug-likeness (QED) is 0.932. The fourth-order valence-electron chi connectivity index (χ4n) is 1.62. The third-order valence-corrected chi connectivity index (χ3v) is 3.91. The average molecular weight is 295 g/mol. The third kappa shape index (κ3) is 3.72. The molecule has 2 rings (SSSR count). The number of anilines is 1. The van der Waals surface area contributed by atoms with Crippen molar-refractivity contribution in [1.82, 2.24) is 4.90 Å². The minimum Gasteiger partial charge on any atom is -0.380 e. The molecule has 2 aromatic rings. The number of carbonyl (C=O) groups excluding carboxylic acids is 1. The van der Waals surface area contributed by atoms with Gasteiger partial charge in [-0.25, -0.2) is 0 Å². The Balaban J connectivity index is 1.97. The molecule has 0 atom stereocenters. The van der Waals surface area contributed by atoms with E-state index in [1.54, 1.807) is 30.3 Å². The van der Waals surface area contributed by atoms with E-state index in [1.807, 2.05) is 35.7 Å². The molecule has 0 aliphatic heterocycles. The van der Waals surface area contributed by atoms with Crippen molar-refractivity contribution in [1.29, 1.82) is 0 Å². The molecule has 1 amide bonds. The van der Waals surface area contributed by atoms with Gasteiger partial charge in [-0.15, -0.1) is 11.3 Å². The number of nitrogens with one attached hydrogen (secondary N) is 1. The summed E-state index contributed by atoms with van der Waals surface area (Å²) in [5, 5.41) is 5.98. The van der Waals surface area contributed by atoms with E-state index in [-0.39, 0.29) is 5.91 Å². The van der Waals surface area contributed by atoms with Crippen molar-refractivity contribution in [3.8, 4) is 0 Å². The van der Waals surface area contributed by atoms with E-state index in [4.69, 9.17) is 11.6 Å². The van der Waals surface area contributed by atoms with Gasteiger partial charge in [0.15, 0.2) is 0 Å². The lowest BCUT2D eigenvalue weighted by atomic mass is 10.2. The lowest BCUT2D eigenvalue weighted by molar-refractivity contribution is 0.0827. The number of rotatable bonds is 4. The standard InChI is InChI=1S/C14H15ClN2OS/c1-17(2)14(18)10-3-5-12(6-4-10)16-8-13-7-11(15)9-19-13/h3-7,9,16H,8H2,1-2H3. The number of thiophene rings is 1. The van der Waals surface area contributed by atoms with E-state index in [1.165, 1.54) is 4.88 Å². The molecule has 0 saturated carbocycles. The molecule has 19 heavy (non-hydrogen) atoms. The summed E-state index contributed by atoms with van der Waals surface area (Å²) < 4.78 is 0. The van der Waals surface area contributed by atoms with Crippen LogP contribution in [-0.2, 0) is 6.54 Å². The molecule has 100 valence electrons. The largest absolute Gasteiger partial charge is 0.380 e. The number of hydrogen-bond donors (Lipinski definition) is 1. The van der Waals surface area contributed by atoms with Crippen LogP contribution in [0, 0.1) is 0 Å². The molecule has 0 bridgehead atoms. The average Bonchev–Trinajstić information content (AvgIpc) is 2.82. The molecule has 1 heterocycles. The third-order valence-electron chi connectivity index (χ3n) is 2.63. The first-order valence-corrected chi connectivity index (χ1v) is 7.10. The van der Waals surface area contributed by atoms with Gasteiger partial charge in [-0.05, 0) is 30.3 Å². The summed E-state index contributed by atoms with van der Waals surface area (Å²) in [4.78, 5) is 14.5. The Kier molecular flexibility index (Phi) is 4.45. The highest BCUT2D eigenvalue weighted by Crippen LogP contribution is 2.20. The van der Waals surface area contributed by atoms with Crippen LogP contribution in [0.2, 0.25) is 5.02 Å². The van der Waals surface area contributed by atoms with Gasteiger partial charge in [0.05, 0.1) is 5.02 Å². The van der Waals surface area contributed by atoms with Crippen LogP contribution in [0.3, 0.4) is 0 Å². The van der Waals surface area contributed by atoms with Crippen molar-refractivity contribution >= 4 is 34.5 Å². The van der Waals surface area contributed by atoms with Crippen LogP contribution in [0.15, 0.2) is 35.7 Å². The van der Waals surface area contributed by atoms with Gasteiger partial charge < -0.3 is 10.2 Å². The van der Waals surface area contributed by atoms with Gasteiger partial charge in [-0.3, -0.25) is 4.79 Å². The Morgan fingerprint density at radius 3 is 2.53 bits per heavy atom. The number of amides is 1. The predicted molar refractivity (Wildman–Crippen MR) is 81.1 cm³/mol. The zero-order chi connectivity index (χ0) is 13.8. The molecular formula is C14H15ClN2OS. The van der Waals surface area contributed by atoms with Crippen LogP contribution in [0.4, 0.5) is 5.69 Å². The van der Waals surface area contributed by atoms with Gasteiger partial charge in [0.1, 0.15) is 0 Å². The molecule has 0 unspecified atom stereocenters. The Labute approximate surface area is 121 Å². The minimum atomic E-state index is 0.0107. The molecule has 1 aromatic carbocycles. The molecule has 0 aliphatic rings. The second kappa shape index (κ2) is 6.08. The van der Waals surface area contributed by atoms with Gasteiger partial charge in [0.2, 0.25) is 0 Å². The van der Waals surface area contributed by atoms with Gasteiger partial charge in [-0.1, -0.05) is 11.6 Å². The van der Waals surface area contributed by atoms with E-state index in [2.05, 4.69) is 5.32 Å². The van der Waals surface area contributed by atoms with Crippen LogP contribution in [0.5, 0.6) is 0 Å². The first-order chi connectivity index (χ1) is 9.06. The zero-order valence-corrected chi connectivity index (χ0v) is 12.4. The fourth-order valence-corrected chi connectivity index (χ4v) is 2.64. The van der Waals surface area contributed by atoms with Crippen LogP contribution < -0.4 is 5.32 Å². The van der Waals surface area contributed by atoms with Crippen LogP contribution in [0.1, 0.15) is 15.2 Å². The maximum absolute atomic E-state index is 11.7. The molecule has 0 spiro atoms. The summed E-state index contributed by atoms with van der Waals surface area (Å²) in [6.45, 7) is 0.734. The van der Waals surface area contributed by atoms with Crippen LogP contribution in [0.25, 0.3) is 0 Å². The summed E-state index contributed by atoms with van der Waals surface area (Å²) in [6.07, 6.45) is 0. The topological polar surface area (TPSA) is 32.3 Å². The molecular weight excluding hydrogens is 280 g/mol. The number of halogens is 1. The Hall–Kier alpha value is -1.52. The van der Waals surface area contributed by atoms with Crippen molar-refractivity contribution in [3.63, 3.8) is 0 Å². The van der Waals surface area contributed by atoms with Crippen molar-refractivity contribution in [2.24, 2.45) is 0 Å². The van der Waals surface area contributed by atoms with Gasteiger partial charge in [0, 0.05) is 42.1 Å². The van der Waals surface area contributed by atoms with E-state index < -0.39 is 0 Å². The Bertz CT molecular complexity index is 563. The molecule has 0 aliphatic carbocycles. The van der Waals surface area contributed by atoms with E-state index in [0.717, 1.165) is 17.3 Å². The fraction of sp³-hybridized carbons (Fsp3) is 0.214. The Morgan fingerprint density at radius 1 is 1.32 bits per heavy atom. The van der Waals surface area contributed by atoms with Crippen LogP contribution >= 0.6 is 22.9 Å². The van der Waals surface area contributed by atoms with Crippen molar-refractivity contribution in [3.05, 3.63) is 51.2 Å². The lowest BCUT2D eigenvalue weighted by Gasteiger charge is -2.11. The maximum Gasteiger partial charge on any atom is 0.253 e. The second-order valence-electron chi connectivity index (χ2n) is 4.36. The number of carbonyl (C=O) groups is 1. The molecule has 1 aromatic heterocycles. The van der Waals surface area contributed by atoms with Gasteiger partial charge >= 0.3 is 0 Å².